The van der Waals surface area contributed by atoms with E-state index in [9.17, 15) is 4.79 Å². The third kappa shape index (κ3) is 3.53. The van der Waals surface area contributed by atoms with E-state index in [2.05, 4.69) is 15.9 Å². The Morgan fingerprint density at radius 2 is 2.00 bits per heavy atom. The number of rotatable bonds is 1. The highest BCUT2D eigenvalue weighted by Gasteiger charge is 1.97. The van der Waals surface area contributed by atoms with E-state index in [0.29, 0.717) is 5.56 Å². The van der Waals surface area contributed by atoms with Crippen LogP contribution < -0.4 is 5.73 Å². The van der Waals surface area contributed by atoms with Gasteiger partial charge in [0.05, 0.1) is 0 Å². The molecule has 0 atom stereocenters. The van der Waals surface area contributed by atoms with Crippen molar-refractivity contribution in [2.24, 2.45) is 5.73 Å². The largest absolute Gasteiger partial charge is 0.366 e. The van der Waals surface area contributed by atoms with Crippen LogP contribution in [0.15, 0.2) is 28.7 Å². The van der Waals surface area contributed by atoms with Gasteiger partial charge in [0.1, 0.15) is 0 Å². The first-order chi connectivity index (χ1) is 5.70. The predicted molar refractivity (Wildman–Crippen MR) is 54.0 cm³/mol. The smallest absolute Gasteiger partial charge is 0.248 e. The second-order valence-corrected chi connectivity index (χ2v) is 2.79. The summed E-state index contributed by atoms with van der Waals surface area (Å²) >= 11 is 3.22. The molecule has 0 heterocycles. The summed E-state index contributed by atoms with van der Waals surface area (Å²) in [7, 11) is 0. The monoisotopic (exact) mass is 229 g/mol. The molecule has 2 nitrogen and oxygen atoms in total. The molecule has 66 valence electrons. The molecule has 0 bridgehead atoms. The van der Waals surface area contributed by atoms with E-state index in [0.717, 1.165) is 4.47 Å². The fraction of sp³-hybridized carbons (Fsp3) is 0.222. The number of carbonyl (C=O) groups is 1. The Hall–Kier alpha value is -0.830. The molecule has 0 aliphatic heterocycles. The van der Waals surface area contributed by atoms with Crippen molar-refractivity contribution < 1.29 is 4.79 Å². The predicted octanol–water partition coefficient (Wildman–Crippen LogP) is 2.57. The number of hydrogen-bond donors (Lipinski definition) is 1. The van der Waals surface area contributed by atoms with Gasteiger partial charge >= 0.3 is 0 Å². The zero-order valence-corrected chi connectivity index (χ0v) is 8.76. The summed E-state index contributed by atoms with van der Waals surface area (Å²) in [6, 6.07) is 6.96. The molecule has 1 amide bonds. The Morgan fingerprint density at radius 3 is 2.33 bits per heavy atom. The van der Waals surface area contributed by atoms with Crippen LogP contribution in [0.4, 0.5) is 0 Å². The second kappa shape index (κ2) is 5.77. The van der Waals surface area contributed by atoms with Crippen LogP contribution in [0.2, 0.25) is 0 Å². The molecule has 0 fully saturated rings. The number of carbonyl (C=O) groups excluding carboxylic acids is 1. The van der Waals surface area contributed by atoms with Crippen LogP contribution in [0, 0.1) is 0 Å². The molecule has 12 heavy (non-hydrogen) atoms. The first-order valence-corrected chi connectivity index (χ1v) is 4.55. The van der Waals surface area contributed by atoms with E-state index in [1.807, 2.05) is 19.9 Å². The lowest BCUT2D eigenvalue weighted by atomic mass is 10.2. The molecular weight excluding hydrogens is 218 g/mol. The van der Waals surface area contributed by atoms with E-state index >= 15 is 0 Å². The maximum absolute atomic E-state index is 10.6. The summed E-state index contributed by atoms with van der Waals surface area (Å²) in [6.45, 7) is 4.00. The van der Waals surface area contributed by atoms with Crippen molar-refractivity contribution in [3.8, 4) is 0 Å². The lowest BCUT2D eigenvalue weighted by Gasteiger charge is -1.93. The van der Waals surface area contributed by atoms with Gasteiger partial charge in [0.2, 0.25) is 5.91 Å². The highest BCUT2D eigenvalue weighted by atomic mass is 79.9. The summed E-state index contributed by atoms with van der Waals surface area (Å²) in [5.74, 6) is -0.402. The molecule has 0 aliphatic rings. The van der Waals surface area contributed by atoms with E-state index in [-0.39, 0.29) is 0 Å². The molecule has 0 unspecified atom stereocenters. The van der Waals surface area contributed by atoms with Crippen LogP contribution in [0.25, 0.3) is 0 Å². The van der Waals surface area contributed by atoms with Gasteiger partial charge in [-0.15, -0.1) is 0 Å². The zero-order valence-electron chi connectivity index (χ0n) is 7.17. The molecule has 0 spiro atoms. The molecule has 1 aromatic carbocycles. The SMILES string of the molecule is CC.NC(=O)c1cccc(Br)c1. The highest BCUT2D eigenvalue weighted by Crippen LogP contribution is 2.10. The second-order valence-electron chi connectivity index (χ2n) is 1.87. The Kier molecular flexibility index (Phi) is 5.37. The maximum atomic E-state index is 10.6. The Morgan fingerprint density at radius 1 is 1.42 bits per heavy atom. The quantitative estimate of drug-likeness (QED) is 0.791. The Balaban J connectivity index is 0.000000561. The number of primary amides is 1. The Bertz CT molecular complexity index is 260. The van der Waals surface area contributed by atoms with Gasteiger partial charge in [-0.2, -0.15) is 0 Å². The van der Waals surface area contributed by atoms with Crippen LogP contribution in [-0.2, 0) is 0 Å². The summed E-state index contributed by atoms with van der Waals surface area (Å²) in [5.41, 5.74) is 5.55. The first-order valence-electron chi connectivity index (χ1n) is 3.75. The Labute approximate surface area is 80.9 Å². The lowest BCUT2D eigenvalue weighted by Crippen LogP contribution is -2.10. The minimum atomic E-state index is -0.402. The van der Waals surface area contributed by atoms with Crippen molar-refractivity contribution in [1.82, 2.24) is 0 Å². The normalized spacial score (nSPS) is 8.25. The van der Waals surface area contributed by atoms with Crippen molar-refractivity contribution in [3.05, 3.63) is 34.3 Å². The molecule has 2 N–H and O–H groups in total. The molecule has 1 rings (SSSR count). The maximum Gasteiger partial charge on any atom is 0.248 e. The molecule has 3 heteroatoms. The summed E-state index contributed by atoms with van der Waals surface area (Å²) in [4.78, 5) is 10.6. The van der Waals surface area contributed by atoms with Crippen LogP contribution in [0.3, 0.4) is 0 Å². The first kappa shape index (κ1) is 11.2. The van der Waals surface area contributed by atoms with Gasteiger partial charge in [-0.3, -0.25) is 4.79 Å². The van der Waals surface area contributed by atoms with Crippen molar-refractivity contribution in [1.29, 1.82) is 0 Å². The van der Waals surface area contributed by atoms with Gasteiger partial charge in [-0.25, -0.2) is 0 Å². The number of hydrogen-bond acceptors (Lipinski definition) is 1. The molecule has 1 aromatic rings. The molecule has 0 saturated heterocycles. The molecular formula is C9H12BrNO. The van der Waals surface area contributed by atoms with E-state index in [1.165, 1.54) is 0 Å². The highest BCUT2D eigenvalue weighted by molar-refractivity contribution is 9.10. The summed E-state index contributed by atoms with van der Waals surface area (Å²) < 4.78 is 0.865. The standard InChI is InChI=1S/C7H6BrNO.C2H6/c8-6-3-1-2-5(4-6)7(9)10;1-2/h1-4H,(H2,9,10);1-2H3. The zero-order chi connectivity index (χ0) is 9.56. The third-order valence-electron chi connectivity index (χ3n) is 1.11. The number of benzene rings is 1. The van der Waals surface area contributed by atoms with Gasteiger partial charge in [0.25, 0.3) is 0 Å². The minimum absolute atomic E-state index is 0.402. The molecule has 0 aliphatic carbocycles. The van der Waals surface area contributed by atoms with Crippen molar-refractivity contribution in [2.75, 3.05) is 0 Å². The van der Waals surface area contributed by atoms with Gasteiger partial charge in [-0.1, -0.05) is 35.8 Å². The summed E-state index contributed by atoms with van der Waals surface area (Å²) in [5, 5.41) is 0. The number of halogens is 1. The van der Waals surface area contributed by atoms with E-state index in [1.54, 1.807) is 18.2 Å². The average Bonchev–Trinajstić information content (AvgIpc) is 2.08. The van der Waals surface area contributed by atoms with Gasteiger partial charge in [0.15, 0.2) is 0 Å². The van der Waals surface area contributed by atoms with Crippen LogP contribution in [-0.4, -0.2) is 5.91 Å². The molecule has 0 radical (unpaired) electrons. The van der Waals surface area contributed by atoms with Gasteiger partial charge in [0, 0.05) is 10.0 Å². The van der Waals surface area contributed by atoms with Crippen molar-refractivity contribution in [2.45, 2.75) is 13.8 Å². The van der Waals surface area contributed by atoms with Gasteiger partial charge in [-0.05, 0) is 18.2 Å². The molecule has 0 saturated carbocycles. The van der Waals surface area contributed by atoms with E-state index < -0.39 is 5.91 Å². The lowest BCUT2D eigenvalue weighted by molar-refractivity contribution is 0.100. The van der Waals surface area contributed by atoms with Crippen LogP contribution in [0.5, 0.6) is 0 Å². The topological polar surface area (TPSA) is 43.1 Å². The minimum Gasteiger partial charge on any atom is -0.366 e. The fourth-order valence-corrected chi connectivity index (χ4v) is 1.04. The van der Waals surface area contributed by atoms with Crippen LogP contribution in [0.1, 0.15) is 24.2 Å². The average molecular weight is 230 g/mol. The van der Waals surface area contributed by atoms with Crippen LogP contribution >= 0.6 is 15.9 Å². The third-order valence-corrected chi connectivity index (χ3v) is 1.60. The molecule has 0 aromatic heterocycles. The number of amides is 1. The van der Waals surface area contributed by atoms with E-state index in [4.69, 9.17) is 5.73 Å². The van der Waals surface area contributed by atoms with Crippen molar-refractivity contribution in [3.63, 3.8) is 0 Å². The summed E-state index contributed by atoms with van der Waals surface area (Å²) in [6.07, 6.45) is 0. The number of nitrogens with two attached hydrogens (primary N) is 1. The van der Waals surface area contributed by atoms with Gasteiger partial charge < -0.3 is 5.73 Å². The fourth-order valence-electron chi connectivity index (χ4n) is 0.642. The van der Waals surface area contributed by atoms with Crippen molar-refractivity contribution >= 4 is 21.8 Å².